The Labute approximate surface area is 162 Å². The van der Waals surface area contributed by atoms with Gasteiger partial charge in [0.2, 0.25) is 0 Å². The number of fused-ring (bicyclic) bond motifs is 1. The largest absolute Gasteiger partial charge is 0.352 e. The second-order valence-corrected chi connectivity index (χ2v) is 6.75. The topological polar surface area (TPSA) is 57.8 Å². The molecule has 4 nitrogen and oxygen atoms in total. The standard InChI is InChI=1S/C22H18ClN3O/c23-18-10-11-19-20(14-18)26-21(25-19)16-6-8-17(9-7-16)22(27)24-13-12-15-4-2-1-3-5-15/h1-11,14H,12-13H2,(H,24,27)(H,25,26). The first kappa shape index (κ1) is 17.3. The smallest absolute Gasteiger partial charge is 0.251 e. The minimum absolute atomic E-state index is 0.0751. The van der Waals surface area contributed by atoms with E-state index in [4.69, 9.17) is 11.6 Å². The third-order valence-electron chi connectivity index (χ3n) is 4.41. The molecule has 4 rings (SSSR count). The maximum atomic E-state index is 12.3. The van der Waals surface area contributed by atoms with Crippen LogP contribution in [0.5, 0.6) is 0 Å². The first-order valence-corrected chi connectivity index (χ1v) is 9.15. The quantitative estimate of drug-likeness (QED) is 0.523. The lowest BCUT2D eigenvalue weighted by atomic mass is 10.1. The number of nitrogens with one attached hydrogen (secondary N) is 2. The van der Waals surface area contributed by atoms with Gasteiger partial charge in [0.1, 0.15) is 5.82 Å². The molecule has 1 heterocycles. The summed E-state index contributed by atoms with van der Waals surface area (Å²) in [6.07, 6.45) is 0.812. The van der Waals surface area contributed by atoms with Crippen molar-refractivity contribution in [3.8, 4) is 11.4 Å². The van der Waals surface area contributed by atoms with Gasteiger partial charge in [0.25, 0.3) is 5.91 Å². The minimum atomic E-state index is -0.0751. The summed E-state index contributed by atoms with van der Waals surface area (Å²) >= 11 is 6.02. The van der Waals surface area contributed by atoms with E-state index in [1.807, 2.05) is 60.7 Å². The molecule has 0 saturated heterocycles. The SMILES string of the molecule is O=C(NCCc1ccccc1)c1ccc(-c2nc3ccc(Cl)cc3[nH]2)cc1. The highest BCUT2D eigenvalue weighted by Crippen LogP contribution is 2.23. The Bertz CT molecular complexity index is 1070. The van der Waals surface area contributed by atoms with Gasteiger partial charge < -0.3 is 10.3 Å². The van der Waals surface area contributed by atoms with E-state index >= 15 is 0 Å². The summed E-state index contributed by atoms with van der Waals surface area (Å²) in [6, 6.07) is 23.1. The van der Waals surface area contributed by atoms with Gasteiger partial charge in [-0.25, -0.2) is 4.98 Å². The molecule has 134 valence electrons. The Hall–Kier alpha value is -3.11. The number of aromatic nitrogens is 2. The van der Waals surface area contributed by atoms with E-state index in [1.54, 1.807) is 0 Å². The van der Waals surface area contributed by atoms with Crippen LogP contribution in [0.15, 0.2) is 72.8 Å². The predicted octanol–water partition coefficient (Wildman–Crippen LogP) is 4.86. The Balaban J connectivity index is 1.42. The number of halogens is 1. The summed E-state index contributed by atoms with van der Waals surface area (Å²) in [5, 5.41) is 3.62. The van der Waals surface area contributed by atoms with Gasteiger partial charge in [0.05, 0.1) is 11.0 Å². The van der Waals surface area contributed by atoms with Crippen LogP contribution >= 0.6 is 11.6 Å². The zero-order valence-electron chi connectivity index (χ0n) is 14.6. The van der Waals surface area contributed by atoms with Crippen LogP contribution in [0.4, 0.5) is 0 Å². The third-order valence-corrected chi connectivity index (χ3v) is 4.64. The van der Waals surface area contributed by atoms with Crippen LogP contribution in [0.2, 0.25) is 5.02 Å². The summed E-state index contributed by atoms with van der Waals surface area (Å²) in [7, 11) is 0. The van der Waals surface area contributed by atoms with Gasteiger partial charge in [-0.15, -0.1) is 0 Å². The number of amides is 1. The number of hydrogen-bond donors (Lipinski definition) is 2. The molecule has 5 heteroatoms. The van der Waals surface area contributed by atoms with Crippen molar-refractivity contribution in [2.75, 3.05) is 6.54 Å². The summed E-state index contributed by atoms with van der Waals surface area (Å²) < 4.78 is 0. The molecule has 1 aromatic heterocycles. The monoisotopic (exact) mass is 375 g/mol. The molecule has 1 amide bonds. The van der Waals surface area contributed by atoms with E-state index in [1.165, 1.54) is 5.56 Å². The molecule has 2 N–H and O–H groups in total. The van der Waals surface area contributed by atoms with Gasteiger partial charge in [-0.05, 0) is 42.3 Å². The van der Waals surface area contributed by atoms with Crippen molar-refractivity contribution >= 4 is 28.5 Å². The van der Waals surface area contributed by atoms with Crippen LogP contribution < -0.4 is 5.32 Å². The maximum Gasteiger partial charge on any atom is 0.251 e. The Morgan fingerprint density at radius 2 is 1.78 bits per heavy atom. The average Bonchev–Trinajstić information content (AvgIpc) is 3.12. The number of carbonyl (C=O) groups excluding carboxylic acids is 1. The number of H-pyrrole nitrogens is 1. The Morgan fingerprint density at radius 1 is 1.00 bits per heavy atom. The predicted molar refractivity (Wildman–Crippen MR) is 109 cm³/mol. The second kappa shape index (κ2) is 7.64. The lowest BCUT2D eigenvalue weighted by Gasteiger charge is -2.06. The van der Waals surface area contributed by atoms with E-state index in [9.17, 15) is 4.79 Å². The molecule has 0 aliphatic rings. The van der Waals surface area contributed by atoms with Gasteiger partial charge in [-0.3, -0.25) is 4.79 Å². The minimum Gasteiger partial charge on any atom is -0.352 e. The van der Waals surface area contributed by atoms with E-state index in [0.29, 0.717) is 17.1 Å². The van der Waals surface area contributed by atoms with Crippen molar-refractivity contribution in [2.24, 2.45) is 0 Å². The van der Waals surface area contributed by atoms with Crippen LogP contribution in [0.3, 0.4) is 0 Å². The molecular weight excluding hydrogens is 358 g/mol. The highest BCUT2D eigenvalue weighted by molar-refractivity contribution is 6.31. The zero-order chi connectivity index (χ0) is 18.6. The molecule has 27 heavy (non-hydrogen) atoms. The zero-order valence-corrected chi connectivity index (χ0v) is 15.3. The van der Waals surface area contributed by atoms with E-state index in [-0.39, 0.29) is 5.91 Å². The molecular formula is C22H18ClN3O. The van der Waals surface area contributed by atoms with Crippen LogP contribution in [-0.4, -0.2) is 22.4 Å². The molecule has 0 fully saturated rings. The number of nitrogens with zero attached hydrogens (tertiary/aromatic N) is 1. The van der Waals surface area contributed by atoms with Crippen molar-refractivity contribution in [3.63, 3.8) is 0 Å². The van der Waals surface area contributed by atoms with Crippen molar-refractivity contribution < 1.29 is 4.79 Å². The number of hydrogen-bond acceptors (Lipinski definition) is 2. The number of aromatic amines is 1. The summed E-state index contributed by atoms with van der Waals surface area (Å²) in [5.41, 5.74) is 4.50. The fourth-order valence-corrected chi connectivity index (χ4v) is 3.14. The first-order valence-electron chi connectivity index (χ1n) is 8.77. The number of benzene rings is 3. The van der Waals surface area contributed by atoms with Crippen molar-refractivity contribution in [3.05, 3.63) is 88.9 Å². The van der Waals surface area contributed by atoms with Crippen molar-refractivity contribution in [1.29, 1.82) is 0 Å². The molecule has 0 radical (unpaired) electrons. The summed E-state index contributed by atoms with van der Waals surface area (Å²) in [4.78, 5) is 20.1. The fraction of sp³-hybridized carbons (Fsp3) is 0.0909. The Morgan fingerprint density at radius 3 is 2.56 bits per heavy atom. The maximum absolute atomic E-state index is 12.3. The van der Waals surface area contributed by atoms with Gasteiger partial charge >= 0.3 is 0 Å². The number of carbonyl (C=O) groups is 1. The molecule has 0 aliphatic carbocycles. The normalized spacial score (nSPS) is 10.9. The lowest BCUT2D eigenvalue weighted by molar-refractivity contribution is 0.0954. The van der Waals surface area contributed by atoms with Gasteiger partial charge in [-0.1, -0.05) is 54.1 Å². The van der Waals surface area contributed by atoms with E-state index in [2.05, 4.69) is 27.4 Å². The van der Waals surface area contributed by atoms with Crippen LogP contribution in [0.1, 0.15) is 15.9 Å². The third kappa shape index (κ3) is 4.01. The molecule has 0 unspecified atom stereocenters. The second-order valence-electron chi connectivity index (χ2n) is 6.32. The van der Waals surface area contributed by atoms with Gasteiger partial charge in [0.15, 0.2) is 0 Å². The number of imidazole rings is 1. The van der Waals surface area contributed by atoms with Crippen LogP contribution in [0.25, 0.3) is 22.4 Å². The summed E-state index contributed by atoms with van der Waals surface area (Å²) in [6.45, 7) is 0.606. The number of rotatable bonds is 5. The molecule has 0 bridgehead atoms. The molecule has 4 aromatic rings. The molecule has 0 spiro atoms. The van der Waals surface area contributed by atoms with Crippen molar-refractivity contribution in [2.45, 2.75) is 6.42 Å². The summed E-state index contributed by atoms with van der Waals surface area (Å²) in [5.74, 6) is 0.678. The molecule has 0 atom stereocenters. The Kier molecular flexibility index (Phi) is 4.90. The molecule has 0 saturated carbocycles. The van der Waals surface area contributed by atoms with E-state index < -0.39 is 0 Å². The lowest BCUT2D eigenvalue weighted by Crippen LogP contribution is -2.25. The first-order chi connectivity index (χ1) is 13.2. The average molecular weight is 376 g/mol. The van der Waals surface area contributed by atoms with Crippen LogP contribution in [-0.2, 0) is 6.42 Å². The van der Waals surface area contributed by atoms with E-state index in [0.717, 1.165) is 28.8 Å². The van der Waals surface area contributed by atoms with Gasteiger partial charge in [-0.2, -0.15) is 0 Å². The fourth-order valence-electron chi connectivity index (χ4n) is 2.97. The van der Waals surface area contributed by atoms with Crippen molar-refractivity contribution in [1.82, 2.24) is 15.3 Å². The highest BCUT2D eigenvalue weighted by Gasteiger charge is 2.08. The van der Waals surface area contributed by atoms with Crippen LogP contribution in [0, 0.1) is 0 Å². The molecule has 3 aromatic carbocycles. The molecule has 0 aliphatic heterocycles. The van der Waals surface area contributed by atoms with Gasteiger partial charge in [0, 0.05) is 22.7 Å². The highest BCUT2D eigenvalue weighted by atomic mass is 35.5.